The number of hydrogen-bond donors (Lipinski definition) is 0. The summed E-state index contributed by atoms with van der Waals surface area (Å²) < 4.78 is 0. The Bertz CT molecular complexity index is 11.5. The van der Waals surface area contributed by atoms with Gasteiger partial charge in [0.05, 0.1) is 0 Å². The van der Waals surface area contributed by atoms with E-state index in [2.05, 4.69) is 0 Å². The van der Waals surface area contributed by atoms with Gasteiger partial charge in [-0.1, -0.05) is 0 Å². The van der Waals surface area contributed by atoms with Gasteiger partial charge in [-0.05, 0) is 0 Å². The van der Waals surface area contributed by atoms with Crippen LogP contribution in [0.15, 0.2) is 0 Å². The van der Waals surface area contributed by atoms with Crippen LogP contribution in [0.3, 0.4) is 0 Å². The Morgan fingerprint density at radius 3 is 1.17 bits per heavy atom. The van der Waals surface area contributed by atoms with Crippen molar-refractivity contribution in [1.82, 2.24) is 0 Å². The Morgan fingerprint density at radius 1 is 1.17 bits per heavy atom. The fraction of sp³-hybridized carbons (Fsp3) is 1.00. The van der Waals surface area contributed by atoms with Gasteiger partial charge in [-0.2, -0.15) is 7.05 Å². The van der Waals surface area contributed by atoms with Crippen LogP contribution in [0.25, 0.3) is 11.9 Å². The minimum Gasteiger partial charge on any atom is -0.693 e. The second-order valence-electron chi connectivity index (χ2n) is 0. The van der Waals surface area contributed by atoms with Crippen LogP contribution in [0.4, 0.5) is 0 Å². The summed E-state index contributed by atoms with van der Waals surface area (Å²) in [4.78, 5) is 0. The molecule has 0 fully saturated rings. The van der Waals surface area contributed by atoms with Crippen molar-refractivity contribution < 1.29 is 28.0 Å². The van der Waals surface area contributed by atoms with Crippen LogP contribution in [-0.2, 0) is 22.5 Å². The summed E-state index contributed by atoms with van der Waals surface area (Å²) in [5.74, 6) is 0. The van der Waals surface area contributed by atoms with Gasteiger partial charge in [-0.3, -0.25) is 0 Å². The van der Waals surface area contributed by atoms with Crippen LogP contribution < -0.4 is 0 Å². The molecule has 0 aromatic carbocycles. The predicted octanol–water partition coefficient (Wildman–Crippen LogP) is -0.364. The van der Waals surface area contributed by atoms with Gasteiger partial charge >= 0.3 is 0 Å². The fourth-order valence-corrected chi connectivity index (χ4v) is 0. The maximum absolute atomic E-state index is 5.75. The van der Waals surface area contributed by atoms with Crippen LogP contribution in [0, 0.1) is 0 Å². The van der Waals surface area contributed by atoms with Gasteiger partial charge in [0.1, 0.15) is 0 Å². The van der Waals surface area contributed by atoms with Gasteiger partial charge in [-0.25, -0.2) is 0 Å². The predicted molar refractivity (Wildman–Crippen MR) is 24.0 cm³/mol. The van der Waals surface area contributed by atoms with Gasteiger partial charge in [0.25, 0.3) is 0 Å². The zero-order chi connectivity index (χ0) is 2.00. The largest absolute Gasteiger partial charge is 0.693 e. The van der Waals surface area contributed by atoms with Gasteiger partial charge in [0.2, 0.25) is 0 Å². The van der Waals surface area contributed by atoms with Crippen LogP contribution in [0.2, 0.25) is 0 Å². The van der Waals surface area contributed by atoms with Crippen LogP contribution in [0.5, 0.6) is 0 Å². The molecule has 0 spiro atoms. The van der Waals surface area contributed by atoms with Crippen LogP contribution >= 0.6 is 0 Å². The third-order valence-electron chi connectivity index (χ3n) is 0. The van der Waals surface area contributed by atoms with Crippen molar-refractivity contribution in [2.45, 2.75) is 0 Å². The van der Waals surface area contributed by atoms with E-state index in [1.165, 1.54) is 7.05 Å². The van der Waals surface area contributed by atoms with E-state index < -0.39 is 0 Å². The summed E-state index contributed by atoms with van der Waals surface area (Å²) in [5, 5.41) is 0. The SMILES string of the molecule is C[NH-].O.[Cu].[NH2-].[OH3+]. The fourth-order valence-electron chi connectivity index (χ4n) is 0. The Balaban J connectivity index is -0.000000000833. The molecule has 0 aromatic rings. The molecule has 5 heteroatoms. The molecule has 8 N–H and O–H groups in total. The monoisotopic (exact) mass is 146 g/mol. The van der Waals surface area contributed by atoms with Crippen LogP contribution in [0.1, 0.15) is 0 Å². The average molecular weight is 147 g/mol. The van der Waals surface area contributed by atoms with E-state index in [-0.39, 0.29) is 34.2 Å². The third kappa shape index (κ3) is 381. The standard InChI is InChI=1S/CH4N.Cu.H2N.2H2O/c1-2;;;;/h2H,1H3;;3*1H2/q-1;;-1;;/p+1. The van der Waals surface area contributed by atoms with E-state index in [1.807, 2.05) is 0 Å². The second-order valence-corrected chi connectivity index (χ2v) is 0. The Morgan fingerprint density at radius 2 is 1.17 bits per heavy atom. The van der Waals surface area contributed by atoms with E-state index in [0.717, 1.165) is 0 Å². The van der Waals surface area contributed by atoms with Crippen molar-refractivity contribution >= 4 is 0 Å². The summed E-state index contributed by atoms with van der Waals surface area (Å²) in [7, 11) is 1.25. The third-order valence-corrected chi connectivity index (χ3v) is 0. The average Bonchev–Trinajstić information content (AvgIpc) is 1.00. The molecule has 0 aliphatic carbocycles. The summed E-state index contributed by atoms with van der Waals surface area (Å²) in [5.41, 5.74) is 5.75. The maximum Gasteiger partial charge on any atom is 0 e. The topological polar surface area (TPSA) is 122 Å². The minimum absolute atomic E-state index is 0. The second kappa shape index (κ2) is 788. The zero-order valence-corrected chi connectivity index (χ0v) is 4.40. The van der Waals surface area contributed by atoms with E-state index in [1.54, 1.807) is 0 Å². The van der Waals surface area contributed by atoms with Gasteiger partial charge in [0.15, 0.2) is 0 Å². The molecule has 0 saturated carbocycles. The maximum atomic E-state index is 5.75. The summed E-state index contributed by atoms with van der Waals surface area (Å²) >= 11 is 0. The molecule has 0 saturated heterocycles. The molecule has 6 heavy (non-hydrogen) atoms. The molecule has 0 aromatic heterocycles. The first kappa shape index (κ1) is 98.8. The van der Waals surface area contributed by atoms with E-state index in [4.69, 9.17) is 5.73 Å². The quantitative estimate of drug-likeness (QED) is 0.327. The molecule has 0 atom stereocenters. The molecular formula is CH11CuN2O2-. The molecule has 0 heterocycles. The molecule has 0 aliphatic heterocycles. The van der Waals surface area contributed by atoms with Crippen LogP contribution in [-0.4, -0.2) is 12.5 Å². The van der Waals surface area contributed by atoms with Gasteiger partial charge in [0, 0.05) is 17.1 Å². The van der Waals surface area contributed by atoms with E-state index >= 15 is 0 Å². The van der Waals surface area contributed by atoms with Crippen molar-refractivity contribution in [2.75, 3.05) is 7.05 Å². The first-order valence-corrected chi connectivity index (χ1v) is 0.500. The van der Waals surface area contributed by atoms with Crippen molar-refractivity contribution in [2.24, 2.45) is 0 Å². The molecule has 0 bridgehead atoms. The molecule has 4 nitrogen and oxygen atoms in total. The van der Waals surface area contributed by atoms with Crippen molar-refractivity contribution in [1.29, 1.82) is 0 Å². The van der Waals surface area contributed by atoms with E-state index in [9.17, 15) is 0 Å². The minimum atomic E-state index is 0. The summed E-state index contributed by atoms with van der Waals surface area (Å²) in [6.45, 7) is 0. The molecule has 0 unspecified atom stereocenters. The number of hydrogen-bond acceptors (Lipinski definition) is 0. The summed E-state index contributed by atoms with van der Waals surface area (Å²) in [6.07, 6.45) is 0. The molecule has 0 amide bonds. The molecule has 0 aliphatic rings. The number of nitrogens with two attached hydrogens (primary N) is 1. The van der Waals surface area contributed by atoms with Crippen molar-refractivity contribution in [3.63, 3.8) is 0 Å². The Hall–Kier alpha value is 0.359. The van der Waals surface area contributed by atoms with Crippen molar-refractivity contribution in [3.05, 3.63) is 11.9 Å². The Labute approximate surface area is 47.8 Å². The number of rotatable bonds is 0. The molecular weight excluding hydrogens is 136 g/mol. The van der Waals surface area contributed by atoms with Gasteiger partial charge in [-0.15, -0.1) is 0 Å². The molecule has 1 radical (unpaired) electrons. The Kier molecular flexibility index (Phi) is 13000. The van der Waals surface area contributed by atoms with E-state index in [0.29, 0.717) is 0 Å². The number of nitrogens with one attached hydrogen (secondary N) is 1. The van der Waals surface area contributed by atoms with Gasteiger partial charge < -0.3 is 22.8 Å². The smallest absolute Gasteiger partial charge is 0 e. The first-order chi connectivity index (χ1) is 1.00. The molecule has 0 rings (SSSR count). The zero-order valence-electron chi connectivity index (χ0n) is 3.46. The van der Waals surface area contributed by atoms with Crippen molar-refractivity contribution in [3.8, 4) is 0 Å². The normalized spacial score (nSPS) is 1.00. The first-order valence-electron chi connectivity index (χ1n) is 0.500. The molecule has 49 valence electrons. The summed E-state index contributed by atoms with van der Waals surface area (Å²) in [6, 6.07) is 0.